The Morgan fingerprint density at radius 3 is 3.03 bits per heavy atom. The van der Waals surface area contributed by atoms with Gasteiger partial charge in [-0.2, -0.15) is 0 Å². The summed E-state index contributed by atoms with van der Waals surface area (Å²) >= 11 is 5.89. The summed E-state index contributed by atoms with van der Waals surface area (Å²) in [6, 6.07) is 8.87. The zero-order valence-corrected chi connectivity index (χ0v) is 17.1. The van der Waals surface area contributed by atoms with Crippen LogP contribution in [0.4, 0.5) is 0 Å². The topological polar surface area (TPSA) is 86.9 Å². The molecule has 0 saturated heterocycles. The van der Waals surface area contributed by atoms with E-state index < -0.39 is 0 Å². The van der Waals surface area contributed by atoms with Crippen LogP contribution in [0.1, 0.15) is 28.2 Å². The van der Waals surface area contributed by atoms with E-state index in [0.717, 1.165) is 5.56 Å². The standard InChI is InChI=1S/C21H20ClN3O5/c1-27-19-5-2-4-14-12-25(6-3-7-28-20(14)19)21(26)18-9-17(30-24-18)13-29-16-8-15(22)10-23-11-16/h2,4-5,8-11H,3,6-7,12-13H2,1H3. The number of carbonyl (C=O) groups excluding carboxylic acids is 1. The molecular weight excluding hydrogens is 410 g/mol. The van der Waals surface area contributed by atoms with Gasteiger partial charge in [-0.15, -0.1) is 0 Å². The van der Waals surface area contributed by atoms with Crippen LogP contribution in [0, 0.1) is 0 Å². The molecule has 0 saturated carbocycles. The number of rotatable bonds is 5. The van der Waals surface area contributed by atoms with E-state index >= 15 is 0 Å². The highest BCUT2D eigenvalue weighted by atomic mass is 35.5. The monoisotopic (exact) mass is 429 g/mol. The molecule has 156 valence electrons. The summed E-state index contributed by atoms with van der Waals surface area (Å²) in [4.78, 5) is 18.7. The van der Waals surface area contributed by atoms with E-state index in [1.54, 1.807) is 30.3 Å². The molecule has 2 aromatic heterocycles. The van der Waals surface area contributed by atoms with Crippen molar-refractivity contribution in [3.8, 4) is 17.2 Å². The van der Waals surface area contributed by atoms with Crippen LogP contribution in [0.3, 0.4) is 0 Å². The SMILES string of the molecule is COc1cccc2c1OCCCN(C(=O)c1cc(COc3cncc(Cl)c3)on1)C2. The Balaban J connectivity index is 1.46. The molecule has 0 aliphatic carbocycles. The number of benzene rings is 1. The Hall–Kier alpha value is -3.26. The predicted molar refractivity (Wildman–Crippen MR) is 108 cm³/mol. The van der Waals surface area contributed by atoms with Gasteiger partial charge in [-0.05, 0) is 12.5 Å². The van der Waals surface area contributed by atoms with Crippen LogP contribution in [0.2, 0.25) is 5.02 Å². The predicted octanol–water partition coefficient (Wildman–Crippen LogP) is 3.74. The van der Waals surface area contributed by atoms with Crippen molar-refractivity contribution in [1.29, 1.82) is 0 Å². The van der Waals surface area contributed by atoms with Gasteiger partial charge >= 0.3 is 0 Å². The maximum atomic E-state index is 13.0. The Morgan fingerprint density at radius 2 is 2.20 bits per heavy atom. The number of methoxy groups -OCH3 is 1. The second-order valence-corrected chi connectivity index (χ2v) is 7.12. The zero-order chi connectivity index (χ0) is 20.9. The van der Waals surface area contributed by atoms with Gasteiger partial charge in [0.2, 0.25) is 0 Å². The summed E-state index contributed by atoms with van der Waals surface area (Å²) in [6.45, 7) is 1.53. The van der Waals surface area contributed by atoms with Crippen molar-refractivity contribution in [1.82, 2.24) is 15.0 Å². The van der Waals surface area contributed by atoms with Gasteiger partial charge < -0.3 is 23.6 Å². The Labute approximate surface area is 178 Å². The van der Waals surface area contributed by atoms with Crippen molar-refractivity contribution in [2.45, 2.75) is 19.6 Å². The van der Waals surface area contributed by atoms with E-state index in [1.807, 2.05) is 18.2 Å². The number of carbonyl (C=O) groups is 1. The van der Waals surface area contributed by atoms with E-state index in [9.17, 15) is 4.79 Å². The fourth-order valence-corrected chi connectivity index (χ4v) is 3.33. The zero-order valence-electron chi connectivity index (χ0n) is 16.3. The molecule has 8 nitrogen and oxygen atoms in total. The fourth-order valence-electron chi connectivity index (χ4n) is 3.17. The van der Waals surface area contributed by atoms with Crippen LogP contribution in [-0.2, 0) is 13.2 Å². The summed E-state index contributed by atoms with van der Waals surface area (Å²) in [5.74, 6) is 2.03. The van der Waals surface area contributed by atoms with Crippen LogP contribution in [0.5, 0.6) is 17.2 Å². The van der Waals surface area contributed by atoms with E-state index in [4.69, 9.17) is 30.3 Å². The lowest BCUT2D eigenvalue weighted by molar-refractivity contribution is 0.0710. The molecule has 0 N–H and O–H groups in total. The van der Waals surface area contributed by atoms with Crippen LogP contribution in [0.15, 0.2) is 47.2 Å². The highest BCUT2D eigenvalue weighted by Gasteiger charge is 2.24. The van der Waals surface area contributed by atoms with E-state index in [0.29, 0.717) is 54.1 Å². The summed E-state index contributed by atoms with van der Waals surface area (Å²) in [5.41, 5.74) is 1.10. The number of para-hydroxylation sites is 1. The third-order valence-electron chi connectivity index (χ3n) is 4.59. The van der Waals surface area contributed by atoms with Crippen molar-refractivity contribution >= 4 is 17.5 Å². The average molecular weight is 430 g/mol. The molecule has 1 aromatic carbocycles. The molecule has 0 bridgehead atoms. The summed E-state index contributed by atoms with van der Waals surface area (Å²) < 4.78 is 22.1. The molecule has 0 atom stereocenters. The Bertz CT molecular complexity index is 1040. The molecular formula is C21H20ClN3O5. The molecule has 3 heterocycles. The minimum absolute atomic E-state index is 0.107. The van der Waals surface area contributed by atoms with Crippen LogP contribution < -0.4 is 14.2 Å². The van der Waals surface area contributed by atoms with Crippen molar-refractivity contribution in [3.05, 3.63) is 64.8 Å². The molecule has 0 fully saturated rings. The first kappa shape index (κ1) is 20.0. The molecule has 9 heteroatoms. The number of aromatic nitrogens is 2. The number of pyridine rings is 1. The largest absolute Gasteiger partial charge is 0.493 e. The van der Waals surface area contributed by atoms with Crippen LogP contribution in [-0.4, -0.2) is 41.2 Å². The van der Waals surface area contributed by atoms with Gasteiger partial charge in [0, 0.05) is 37.0 Å². The summed E-state index contributed by atoms with van der Waals surface area (Å²) in [5, 5.41) is 4.39. The number of nitrogens with zero attached hydrogens (tertiary/aromatic N) is 3. The van der Waals surface area contributed by atoms with Gasteiger partial charge in [0.1, 0.15) is 12.4 Å². The molecule has 0 unspecified atom stereocenters. The first-order valence-corrected chi connectivity index (χ1v) is 9.78. The average Bonchev–Trinajstić information content (AvgIpc) is 3.21. The van der Waals surface area contributed by atoms with E-state index in [2.05, 4.69) is 10.1 Å². The number of ether oxygens (including phenoxy) is 3. The summed E-state index contributed by atoms with van der Waals surface area (Å²) in [7, 11) is 1.60. The lowest BCUT2D eigenvalue weighted by Gasteiger charge is -2.26. The highest BCUT2D eigenvalue weighted by Crippen LogP contribution is 2.33. The van der Waals surface area contributed by atoms with Crippen molar-refractivity contribution in [3.63, 3.8) is 0 Å². The smallest absolute Gasteiger partial charge is 0.276 e. The molecule has 30 heavy (non-hydrogen) atoms. The van der Waals surface area contributed by atoms with Crippen LogP contribution >= 0.6 is 11.6 Å². The quantitative estimate of drug-likeness (QED) is 0.610. The molecule has 1 amide bonds. The molecule has 4 rings (SSSR count). The minimum Gasteiger partial charge on any atom is -0.493 e. The van der Waals surface area contributed by atoms with Gasteiger partial charge in [-0.1, -0.05) is 28.9 Å². The number of hydrogen-bond donors (Lipinski definition) is 0. The summed E-state index contributed by atoms with van der Waals surface area (Å²) in [6.07, 6.45) is 3.75. The molecule has 1 aliphatic heterocycles. The lowest BCUT2D eigenvalue weighted by atomic mass is 10.1. The highest BCUT2D eigenvalue weighted by molar-refractivity contribution is 6.30. The van der Waals surface area contributed by atoms with Crippen molar-refractivity contribution in [2.75, 3.05) is 20.3 Å². The molecule has 3 aromatic rings. The molecule has 0 spiro atoms. The number of halogens is 1. The molecule has 1 aliphatic rings. The third-order valence-corrected chi connectivity index (χ3v) is 4.79. The van der Waals surface area contributed by atoms with E-state index in [-0.39, 0.29) is 18.2 Å². The number of amides is 1. The second kappa shape index (κ2) is 9.04. The van der Waals surface area contributed by atoms with Gasteiger partial charge in [-0.25, -0.2) is 0 Å². The second-order valence-electron chi connectivity index (χ2n) is 6.68. The van der Waals surface area contributed by atoms with Gasteiger partial charge in [0.15, 0.2) is 23.0 Å². The van der Waals surface area contributed by atoms with Gasteiger partial charge in [0.25, 0.3) is 5.91 Å². The number of fused-ring (bicyclic) bond motifs is 1. The number of hydrogen-bond acceptors (Lipinski definition) is 7. The fraction of sp³-hybridized carbons (Fsp3) is 0.286. The van der Waals surface area contributed by atoms with Crippen LogP contribution in [0.25, 0.3) is 0 Å². The Morgan fingerprint density at radius 1 is 1.30 bits per heavy atom. The van der Waals surface area contributed by atoms with E-state index in [1.165, 1.54) is 6.20 Å². The maximum absolute atomic E-state index is 13.0. The van der Waals surface area contributed by atoms with Gasteiger partial charge in [-0.3, -0.25) is 9.78 Å². The van der Waals surface area contributed by atoms with Gasteiger partial charge in [0.05, 0.1) is 24.9 Å². The Kier molecular flexibility index (Phi) is 6.04. The minimum atomic E-state index is -0.218. The lowest BCUT2D eigenvalue weighted by Crippen LogP contribution is -2.34. The van der Waals surface area contributed by atoms with Crippen molar-refractivity contribution < 1.29 is 23.5 Å². The first-order valence-electron chi connectivity index (χ1n) is 9.41. The third kappa shape index (κ3) is 4.49. The first-order chi connectivity index (χ1) is 14.6. The normalized spacial score (nSPS) is 13.6. The molecule has 0 radical (unpaired) electrons. The van der Waals surface area contributed by atoms with Crippen molar-refractivity contribution in [2.24, 2.45) is 0 Å². The maximum Gasteiger partial charge on any atom is 0.276 e.